The van der Waals surface area contributed by atoms with Gasteiger partial charge in [-0.3, -0.25) is 4.79 Å². The van der Waals surface area contributed by atoms with Crippen molar-refractivity contribution in [3.05, 3.63) is 44.9 Å². The van der Waals surface area contributed by atoms with Crippen LogP contribution >= 0.6 is 11.3 Å². The molecule has 6 nitrogen and oxygen atoms in total. The van der Waals surface area contributed by atoms with E-state index in [4.69, 9.17) is 10.4 Å². The fourth-order valence-electron chi connectivity index (χ4n) is 1.74. The maximum atomic E-state index is 12.1. The van der Waals surface area contributed by atoms with E-state index in [0.717, 1.165) is 11.3 Å². The van der Waals surface area contributed by atoms with Crippen molar-refractivity contribution in [2.75, 3.05) is 5.32 Å². The normalized spacial score (nSPS) is 9.95. The SMILES string of the molecule is Cc1csc(C(=O)O)c1NC(=O)c1ccc(C#N)c(C)n1. The molecule has 0 fully saturated rings. The minimum absolute atomic E-state index is 0.0752. The molecule has 2 rings (SSSR count). The topological polar surface area (TPSA) is 103 Å². The first-order valence-corrected chi connectivity index (χ1v) is 6.82. The van der Waals surface area contributed by atoms with Crippen LogP contribution in [0.4, 0.5) is 5.69 Å². The van der Waals surface area contributed by atoms with Crippen molar-refractivity contribution in [1.82, 2.24) is 4.98 Å². The molecule has 21 heavy (non-hydrogen) atoms. The number of aryl methyl sites for hydroxylation is 2. The minimum atomic E-state index is -1.09. The van der Waals surface area contributed by atoms with Crippen LogP contribution in [0.25, 0.3) is 0 Å². The van der Waals surface area contributed by atoms with Crippen LogP contribution in [0.5, 0.6) is 0 Å². The van der Waals surface area contributed by atoms with Gasteiger partial charge in [0.2, 0.25) is 0 Å². The van der Waals surface area contributed by atoms with E-state index in [1.165, 1.54) is 12.1 Å². The van der Waals surface area contributed by atoms with E-state index in [1.807, 2.05) is 6.07 Å². The summed E-state index contributed by atoms with van der Waals surface area (Å²) in [4.78, 5) is 27.4. The number of carbonyl (C=O) groups excluding carboxylic acids is 1. The second kappa shape index (κ2) is 5.73. The number of nitrogens with one attached hydrogen (secondary N) is 1. The predicted molar refractivity (Wildman–Crippen MR) is 77.7 cm³/mol. The number of carbonyl (C=O) groups is 2. The summed E-state index contributed by atoms with van der Waals surface area (Å²) in [5.74, 6) is -1.60. The molecule has 7 heteroatoms. The first kappa shape index (κ1) is 14.7. The molecule has 0 saturated carbocycles. The number of amides is 1. The Morgan fingerprint density at radius 1 is 1.38 bits per heavy atom. The molecule has 0 aliphatic rings. The van der Waals surface area contributed by atoms with Crippen LogP contribution < -0.4 is 5.32 Å². The number of nitriles is 1. The van der Waals surface area contributed by atoms with E-state index in [9.17, 15) is 9.59 Å². The maximum Gasteiger partial charge on any atom is 0.348 e. The molecular formula is C14H11N3O3S. The molecule has 2 aromatic heterocycles. The van der Waals surface area contributed by atoms with E-state index in [1.54, 1.807) is 19.2 Å². The van der Waals surface area contributed by atoms with E-state index in [0.29, 0.717) is 16.8 Å². The molecule has 106 valence electrons. The number of rotatable bonds is 3. The lowest BCUT2D eigenvalue weighted by Gasteiger charge is -2.07. The highest BCUT2D eigenvalue weighted by Crippen LogP contribution is 2.28. The Morgan fingerprint density at radius 2 is 2.10 bits per heavy atom. The third kappa shape index (κ3) is 2.90. The van der Waals surface area contributed by atoms with Crippen LogP contribution in [0.3, 0.4) is 0 Å². The van der Waals surface area contributed by atoms with Crippen molar-refractivity contribution in [2.24, 2.45) is 0 Å². The maximum absolute atomic E-state index is 12.1. The average Bonchev–Trinajstić information content (AvgIpc) is 2.80. The number of pyridine rings is 1. The smallest absolute Gasteiger partial charge is 0.348 e. The molecular weight excluding hydrogens is 290 g/mol. The number of nitrogens with zero attached hydrogens (tertiary/aromatic N) is 2. The quantitative estimate of drug-likeness (QED) is 0.907. The lowest BCUT2D eigenvalue weighted by atomic mass is 10.2. The Balaban J connectivity index is 2.31. The van der Waals surface area contributed by atoms with E-state index >= 15 is 0 Å². The number of aromatic carboxylic acids is 1. The molecule has 2 aromatic rings. The Morgan fingerprint density at radius 3 is 2.67 bits per heavy atom. The number of carboxylic acid groups (broad SMARTS) is 1. The number of carboxylic acids is 1. The second-order valence-electron chi connectivity index (χ2n) is 4.32. The van der Waals surface area contributed by atoms with Gasteiger partial charge in [-0.1, -0.05) is 0 Å². The van der Waals surface area contributed by atoms with Gasteiger partial charge in [-0.05, 0) is 36.9 Å². The molecule has 0 bridgehead atoms. The molecule has 0 aliphatic carbocycles. The molecule has 2 heterocycles. The third-order valence-electron chi connectivity index (χ3n) is 2.85. The van der Waals surface area contributed by atoms with Gasteiger partial charge in [0.25, 0.3) is 5.91 Å². The molecule has 0 spiro atoms. The summed E-state index contributed by atoms with van der Waals surface area (Å²) in [6, 6.07) is 4.91. The van der Waals surface area contributed by atoms with E-state index < -0.39 is 11.9 Å². The summed E-state index contributed by atoms with van der Waals surface area (Å²) in [5.41, 5.74) is 1.93. The van der Waals surface area contributed by atoms with E-state index in [2.05, 4.69) is 10.3 Å². The Kier molecular flexibility index (Phi) is 4.00. The van der Waals surface area contributed by atoms with Gasteiger partial charge < -0.3 is 10.4 Å². The molecule has 1 amide bonds. The van der Waals surface area contributed by atoms with Crippen LogP contribution in [0.2, 0.25) is 0 Å². The summed E-state index contributed by atoms with van der Waals surface area (Å²) in [6.45, 7) is 3.35. The molecule has 0 aromatic carbocycles. The summed E-state index contributed by atoms with van der Waals surface area (Å²) in [7, 11) is 0. The zero-order valence-corrected chi connectivity index (χ0v) is 12.1. The zero-order chi connectivity index (χ0) is 15.6. The highest BCUT2D eigenvalue weighted by molar-refractivity contribution is 7.12. The van der Waals surface area contributed by atoms with Gasteiger partial charge in [0.15, 0.2) is 0 Å². The standard InChI is InChI=1S/C14H11N3O3S/c1-7-6-21-12(14(19)20)11(7)17-13(18)10-4-3-9(5-15)8(2)16-10/h3-4,6H,1-2H3,(H,17,18)(H,19,20). The van der Waals surface area contributed by atoms with Crippen LogP contribution in [0, 0.1) is 25.2 Å². The first-order valence-electron chi connectivity index (χ1n) is 5.94. The van der Waals surface area contributed by atoms with Crippen LogP contribution in [0.1, 0.15) is 37.0 Å². The Bertz CT molecular complexity index is 774. The molecule has 2 N–H and O–H groups in total. The fourth-order valence-corrected chi connectivity index (χ4v) is 2.58. The fraction of sp³-hybridized carbons (Fsp3) is 0.143. The van der Waals surface area contributed by atoms with Gasteiger partial charge in [-0.15, -0.1) is 11.3 Å². The molecule has 0 saturated heterocycles. The summed E-state index contributed by atoms with van der Waals surface area (Å²) in [6.07, 6.45) is 0. The highest BCUT2D eigenvalue weighted by Gasteiger charge is 2.18. The highest BCUT2D eigenvalue weighted by atomic mass is 32.1. The number of anilines is 1. The van der Waals surface area contributed by atoms with Gasteiger partial charge in [-0.2, -0.15) is 5.26 Å². The number of hydrogen-bond donors (Lipinski definition) is 2. The van der Waals surface area contributed by atoms with Crippen LogP contribution in [-0.2, 0) is 0 Å². The molecule has 0 aliphatic heterocycles. The largest absolute Gasteiger partial charge is 0.477 e. The molecule has 0 atom stereocenters. The summed E-state index contributed by atoms with van der Waals surface area (Å²) >= 11 is 1.05. The monoisotopic (exact) mass is 301 g/mol. The lowest BCUT2D eigenvalue weighted by Crippen LogP contribution is -2.16. The van der Waals surface area contributed by atoms with Crippen molar-refractivity contribution >= 4 is 28.9 Å². The van der Waals surface area contributed by atoms with Gasteiger partial charge in [0, 0.05) is 0 Å². The van der Waals surface area contributed by atoms with Crippen molar-refractivity contribution in [1.29, 1.82) is 5.26 Å². The van der Waals surface area contributed by atoms with Crippen molar-refractivity contribution in [3.63, 3.8) is 0 Å². The average molecular weight is 301 g/mol. The number of thiophene rings is 1. The Labute approximate surface area is 124 Å². The molecule has 0 unspecified atom stereocenters. The minimum Gasteiger partial charge on any atom is -0.477 e. The Hall–Kier alpha value is -2.72. The lowest BCUT2D eigenvalue weighted by molar-refractivity contribution is 0.0703. The third-order valence-corrected chi connectivity index (χ3v) is 3.93. The van der Waals surface area contributed by atoms with Crippen LogP contribution in [0.15, 0.2) is 17.5 Å². The summed E-state index contributed by atoms with van der Waals surface area (Å²) < 4.78 is 0. The molecule has 0 radical (unpaired) electrons. The van der Waals surface area contributed by atoms with Crippen LogP contribution in [-0.4, -0.2) is 22.0 Å². The van der Waals surface area contributed by atoms with E-state index in [-0.39, 0.29) is 16.3 Å². The zero-order valence-electron chi connectivity index (χ0n) is 11.3. The number of aromatic nitrogens is 1. The van der Waals surface area contributed by atoms with Gasteiger partial charge >= 0.3 is 5.97 Å². The van der Waals surface area contributed by atoms with Crippen molar-refractivity contribution < 1.29 is 14.7 Å². The van der Waals surface area contributed by atoms with Crippen molar-refractivity contribution in [3.8, 4) is 6.07 Å². The predicted octanol–water partition coefficient (Wildman–Crippen LogP) is 2.58. The van der Waals surface area contributed by atoms with Gasteiger partial charge in [0.1, 0.15) is 16.6 Å². The van der Waals surface area contributed by atoms with Gasteiger partial charge in [0.05, 0.1) is 16.9 Å². The van der Waals surface area contributed by atoms with Gasteiger partial charge in [-0.25, -0.2) is 9.78 Å². The first-order chi connectivity index (χ1) is 9.93. The second-order valence-corrected chi connectivity index (χ2v) is 5.20. The van der Waals surface area contributed by atoms with Crippen molar-refractivity contribution in [2.45, 2.75) is 13.8 Å². The summed E-state index contributed by atoms with van der Waals surface area (Å²) in [5, 5.41) is 22.1. The number of hydrogen-bond acceptors (Lipinski definition) is 5.